The second-order valence-corrected chi connectivity index (χ2v) is 8.71. The summed E-state index contributed by atoms with van der Waals surface area (Å²) in [5, 5.41) is 12.0. The minimum absolute atomic E-state index is 0.0220. The number of hydrogen-bond donors (Lipinski definition) is 2. The van der Waals surface area contributed by atoms with Gasteiger partial charge in [-0.1, -0.05) is 45.0 Å². The van der Waals surface area contributed by atoms with Gasteiger partial charge in [0.2, 0.25) is 0 Å². The summed E-state index contributed by atoms with van der Waals surface area (Å²) < 4.78 is 23.7. The quantitative estimate of drug-likeness (QED) is 0.864. The van der Waals surface area contributed by atoms with E-state index in [0.29, 0.717) is 0 Å². The monoisotopic (exact) mass is 311 g/mol. The van der Waals surface area contributed by atoms with Crippen LogP contribution in [0.4, 0.5) is 0 Å². The van der Waals surface area contributed by atoms with Crippen molar-refractivity contribution in [2.45, 2.75) is 38.3 Å². The molecule has 2 N–H and O–H groups in total. The molecule has 0 aliphatic carbocycles. The summed E-state index contributed by atoms with van der Waals surface area (Å²) in [6.07, 6.45) is 0. The molecule has 0 bridgehead atoms. The number of nitrogens with one attached hydrogen (secondary N) is 1. The molecule has 0 aromatic heterocycles. The summed E-state index contributed by atoms with van der Waals surface area (Å²) in [4.78, 5) is 11.1. The van der Waals surface area contributed by atoms with Crippen molar-refractivity contribution in [1.29, 1.82) is 0 Å². The van der Waals surface area contributed by atoms with E-state index in [-0.39, 0.29) is 16.9 Å². The van der Waals surface area contributed by atoms with Gasteiger partial charge in [-0.05, 0) is 16.5 Å². The third-order valence-electron chi connectivity index (χ3n) is 3.72. The van der Waals surface area contributed by atoms with Crippen LogP contribution in [0.15, 0.2) is 24.3 Å². The highest BCUT2D eigenvalue weighted by atomic mass is 32.2. The molecule has 1 fully saturated rings. The lowest BCUT2D eigenvalue weighted by Gasteiger charge is -2.29. The molecule has 1 aromatic carbocycles. The van der Waals surface area contributed by atoms with E-state index in [9.17, 15) is 13.2 Å². The summed E-state index contributed by atoms with van der Waals surface area (Å²) >= 11 is 0. The molecular formula is C15H21NO4S. The van der Waals surface area contributed by atoms with Crippen LogP contribution in [0.2, 0.25) is 0 Å². The summed E-state index contributed by atoms with van der Waals surface area (Å²) in [5.74, 6) is -1.54. The largest absolute Gasteiger partial charge is 0.480 e. The summed E-state index contributed by atoms with van der Waals surface area (Å²) in [5.41, 5.74) is 1.98. The topological polar surface area (TPSA) is 83.5 Å². The molecule has 1 saturated heterocycles. The summed E-state index contributed by atoms with van der Waals surface area (Å²) in [6, 6.07) is 6.16. The Morgan fingerprint density at radius 3 is 2.24 bits per heavy atom. The van der Waals surface area contributed by atoms with Crippen molar-refractivity contribution in [1.82, 2.24) is 5.32 Å². The number of aliphatic carboxylic acids is 1. The van der Waals surface area contributed by atoms with E-state index in [1.54, 1.807) is 0 Å². The standard InChI is InChI=1S/C15H21NO4S/c1-15(2,3)11-6-4-10(5-7-11)12-8-21(19,20)9-13(16-12)14(17)18/h4-7,12-13,16H,8-9H2,1-3H3,(H,17,18). The molecule has 0 radical (unpaired) electrons. The second kappa shape index (κ2) is 5.42. The van der Waals surface area contributed by atoms with E-state index in [1.807, 2.05) is 24.3 Å². The van der Waals surface area contributed by atoms with Crippen LogP contribution in [0, 0.1) is 0 Å². The van der Waals surface area contributed by atoms with Gasteiger partial charge in [-0.3, -0.25) is 10.1 Å². The third kappa shape index (κ3) is 3.83. The van der Waals surface area contributed by atoms with Crippen LogP contribution < -0.4 is 5.32 Å². The average molecular weight is 311 g/mol. The van der Waals surface area contributed by atoms with Gasteiger partial charge < -0.3 is 5.11 Å². The SMILES string of the molecule is CC(C)(C)c1ccc(C2CS(=O)(=O)CC(C(=O)O)N2)cc1. The van der Waals surface area contributed by atoms with Crippen molar-refractivity contribution in [2.24, 2.45) is 0 Å². The van der Waals surface area contributed by atoms with Crippen LogP contribution in [0.3, 0.4) is 0 Å². The van der Waals surface area contributed by atoms with Gasteiger partial charge in [0.15, 0.2) is 9.84 Å². The molecule has 1 aromatic rings. The molecule has 116 valence electrons. The Hall–Kier alpha value is -1.40. The molecule has 2 unspecified atom stereocenters. The first-order valence-electron chi connectivity index (χ1n) is 6.88. The van der Waals surface area contributed by atoms with E-state index in [0.717, 1.165) is 11.1 Å². The normalized spacial score (nSPS) is 25.5. The highest BCUT2D eigenvalue weighted by Crippen LogP contribution is 2.26. The molecule has 2 rings (SSSR count). The number of rotatable bonds is 2. The van der Waals surface area contributed by atoms with Crippen molar-refractivity contribution in [3.8, 4) is 0 Å². The van der Waals surface area contributed by atoms with Gasteiger partial charge in [-0.15, -0.1) is 0 Å². The molecule has 0 amide bonds. The predicted molar refractivity (Wildman–Crippen MR) is 81.1 cm³/mol. The Kier molecular flexibility index (Phi) is 4.13. The molecule has 21 heavy (non-hydrogen) atoms. The first kappa shape index (κ1) is 16.0. The zero-order valence-corrected chi connectivity index (χ0v) is 13.3. The van der Waals surface area contributed by atoms with Gasteiger partial charge in [0.25, 0.3) is 0 Å². The molecule has 0 spiro atoms. The predicted octanol–water partition coefficient (Wildman–Crippen LogP) is 1.50. The fraction of sp³-hybridized carbons (Fsp3) is 0.533. The van der Waals surface area contributed by atoms with Crippen LogP contribution >= 0.6 is 0 Å². The lowest BCUT2D eigenvalue weighted by molar-refractivity contribution is -0.139. The van der Waals surface area contributed by atoms with Gasteiger partial charge in [0.05, 0.1) is 11.5 Å². The molecule has 0 saturated carbocycles. The Balaban J connectivity index is 2.26. The minimum atomic E-state index is -3.36. The molecule has 5 nitrogen and oxygen atoms in total. The maximum Gasteiger partial charge on any atom is 0.321 e. The van der Waals surface area contributed by atoms with Crippen molar-refractivity contribution in [3.05, 3.63) is 35.4 Å². The van der Waals surface area contributed by atoms with Crippen LogP contribution in [-0.2, 0) is 20.0 Å². The van der Waals surface area contributed by atoms with Crippen LogP contribution in [-0.4, -0.2) is 37.0 Å². The van der Waals surface area contributed by atoms with Gasteiger partial charge in [0.1, 0.15) is 6.04 Å². The Morgan fingerprint density at radius 1 is 1.19 bits per heavy atom. The van der Waals surface area contributed by atoms with Crippen molar-refractivity contribution in [2.75, 3.05) is 11.5 Å². The van der Waals surface area contributed by atoms with Gasteiger partial charge in [0, 0.05) is 6.04 Å². The van der Waals surface area contributed by atoms with Crippen molar-refractivity contribution in [3.63, 3.8) is 0 Å². The van der Waals surface area contributed by atoms with Crippen LogP contribution in [0.5, 0.6) is 0 Å². The minimum Gasteiger partial charge on any atom is -0.480 e. The molecular weight excluding hydrogens is 290 g/mol. The molecule has 1 aliphatic rings. The van der Waals surface area contributed by atoms with E-state index in [1.165, 1.54) is 0 Å². The molecule has 1 aliphatic heterocycles. The van der Waals surface area contributed by atoms with Gasteiger partial charge in [-0.25, -0.2) is 8.42 Å². The maximum absolute atomic E-state index is 11.9. The Labute approximate surface area is 125 Å². The van der Waals surface area contributed by atoms with Crippen LogP contribution in [0.25, 0.3) is 0 Å². The lowest BCUT2D eigenvalue weighted by Crippen LogP contribution is -2.51. The van der Waals surface area contributed by atoms with Crippen molar-refractivity contribution >= 4 is 15.8 Å². The fourth-order valence-corrected chi connectivity index (χ4v) is 4.14. The number of hydrogen-bond acceptors (Lipinski definition) is 4. The Bertz CT molecular complexity index is 629. The highest BCUT2D eigenvalue weighted by molar-refractivity contribution is 7.91. The number of sulfone groups is 1. The van der Waals surface area contributed by atoms with Crippen LogP contribution in [0.1, 0.15) is 37.9 Å². The first-order valence-corrected chi connectivity index (χ1v) is 8.70. The number of carbonyl (C=O) groups is 1. The first-order chi connectivity index (χ1) is 9.58. The summed E-state index contributed by atoms with van der Waals surface area (Å²) in [6.45, 7) is 6.31. The zero-order valence-electron chi connectivity index (χ0n) is 12.5. The number of carboxylic acid groups (broad SMARTS) is 1. The zero-order chi connectivity index (χ0) is 15.8. The Morgan fingerprint density at radius 2 is 1.76 bits per heavy atom. The molecule has 1 heterocycles. The molecule has 6 heteroatoms. The van der Waals surface area contributed by atoms with E-state index < -0.39 is 27.9 Å². The van der Waals surface area contributed by atoms with E-state index in [2.05, 4.69) is 26.1 Å². The highest BCUT2D eigenvalue weighted by Gasteiger charge is 2.35. The molecule has 2 atom stereocenters. The second-order valence-electron chi connectivity index (χ2n) is 6.56. The van der Waals surface area contributed by atoms with Gasteiger partial charge >= 0.3 is 5.97 Å². The van der Waals surface area contributed by atoms with Gasteiger partial charge in [-0.2, -0.15) is 0 Å². The van der Waals surface area contributed by atoms with E-state index >= 15 is 0 Å². The van der Waals surface area contributed by atoms with E-state index in [4.69, 9.17) is 5.11 Å². The lowest BCUT2D eigenvalue weighted by atomic mass is 9.86. The fourth-order valence-electron chi connectivity index (χ4n) is 2.47. The average Bonchev–Trinajstić information content (AvgIpc) is 2.36. The van der Waals surface area contributed by atoms with Crippen molar-refractivity contribution < 1.29 is 18.3 Å². The third-order valence-corrected chi connectivity index (χ3v) is 5.40. The number of carboxylic acids is 1. The number of benzene rings is 1. The smallest absolute Gasteiger partial charge is 0.321 e. The summed E-state index contributed by atoms with van der Waals surface area (Å²) in [7, 11) is -3.36. The maximum atomic E-state index is 11.9.